The molecule has 114 valence electrons. The lowest BCUT2D eigenvalue weighted by Crippen LogP contribution is -2.64. The first kappa shape index (κ1) is 15.5. The molecule has 0 aliphatic carbocycles. The van der Waals surface area contributed by atoms with Gasteiger partial charge >= 0.3 is 0 Å². The van der Waals surface area contributed by atoms with Crippen LogP contribution in [0.5, 0.6) is 0 Å². The minimum absolute atomic E-state index is 0.0236. The Labute approximate surface area is 126 Å². The lowest BCUT2D eigenvalue weighted by atomic mass is 9.95. The van der Waals surface area contributed by atoms with E-state index in [4.69, 9.17) is 0 Å². The van der Waals surface area contributed by atoms with Crippen LogP contribution >= 0.6 is 0 Å². The normalized spacial score (nSPS) is 22.6. The minimum Gasteiger partial charge on any atom is -0.343 e. The van der Waals surface area contributed by atoms with Crippen LogP contribution in [-0.4, -0.2) is 35.3 Å². The van der Waals surface area contributed by atoms with Crippen LogP contribution in [0.2, 0.25) is 0 Å². The van der Waals surface area contributed by atoms with E-state index < -0.39 is 0 Å². The summed E-state index contributed by atoms with van der Waals surface area (Å²) in [6.45, 7) is 6.49. The van der Waals surface area contributed by atoms with Gasteiger partial charge in [-0.2, -0.15) is 0 Å². The first-order valence-electron chi connectivity index (χ1n) is 7.69. The van der Waals surface area contributed by atoms with Gasteiger partial charge in [0.15, 0.2) is 0 Å². The quantitative estimate of drug-likeness (QED) is 0.901. The molecular formula is C17H24N2O2. The molecule has 0 aromatic heterocycles. The van der Waals surface area contributed by atoms with Crippen molar-refractivity contribution in [3.63, 3.8) is 0 Å². The summed E-state index contributed by atoms with van der Waals surface area (Å²) >= 11 is 0. The molecule has 0 radical (unpaired) electrons. The van der Waals surface area contributed by atoms with Crippen LogP contribution in [0.15, 0.2) is 30.3 Å². The summed E-state index contributed by atoms with van der Waals surface area (Å²) in [5, 5.41) is 2.85. The maximum Gasteiger partial charge on any atom is 0.245 e. The molecule has 2 unspecified atom stereocenters. The number of carbonyl (C=O) groups excluding carboxylic acids is 2. The highest BCUT2D eigenvalue weighted by Gasteiger charge is 2.40. The predicted molar refractivity (Wildman–Crippen MR) is 82.7 cm³/mol. The number of hydrogen-bond acceptors (Lipinski definition) is 2. The molecular weight excluding hydrogens is 264 g/mol. The fraction of sp³-hybridized carbons (Fsp3) is 0.529. The highest BCUT2D eigenvalue weighted by Crippen LogP contribution is 2.19. The Morgan fingerprint density at radius 2 is 1.86 bits per heavy atom. The molecule has 4 heteroatoms. The van der Waals surface area contributed by atoms with E-state index in [1.807, 2.05) is 39.0 Å². The van der Waals surface area contributed by atoms with E-state index >= 15 is 0 Å². The maximum absolute atomic E-state index is 12.5. The van der Waals surface area contributed by atoms with Crippen LogP contribution in [0, 0.1) is 5.92 Å². The van der Waals surface area contributed by atoms with Gasteiger partial charge in [0.25, 0.3) is 0 Å². The number of nitrogens with zero attached hydrogens (tertiary/aromatic N) is 1. The second kappa shape index (κ2) is 6.74. The number of nitrogens with one attached hydrogen (secondary N) is 1. The number of hydrogen-bond donors (Lipinski definition) is 1. The Morgan fingerprint density at radius 3 is 2.43 bits per heavy atom. The molecule has 1 aliphatic rings. The highest BCUT2D eigenvalue weighted by atomic mass is 16.2. The number of piperazine rings is 1. The van der Waals surface area contributed by atoms with Gasteiger partial charge in [0.1, 0.15) is 12.1 Å². The van der Waals surface area contributed by atoms with Crippen LogP contribution in [0.25, 0.3) is 0 Å². The van der Waals surface area contributed by atoms with Crippen LogP contribution in [0.4, 0.5) is 0 Å². The zero-order chi connectivity index (χ0) is 15.4. The topological polar surface area (TPSA) is 49.4 Å². The summed E-state index contributed by atoms with van der Waals surface area (Å²) in [5.41, 5.74) is 1.19. The highest BCUT2D eigenvalue weighted by molar-refractivity contribution is 5.97. The molecule has 2 rings (SSSR count). The van der Waals surface area contributed by atoms with Gasteiger partial charge in [0, 0.05) is 6.54 Å². The van der Waals surface area contributed by atoms with Gasteiger partial charge in [-0.15, -0.1) is 0 Å². The second-order valence-corrected chi connectivity index (χ2v) is 5.93. The van der Waals surface area contributed by atoms with E-state index in [2.05, 4.69) is 17.4 Å². The number of benzene rings is 1. The molecule has 2 atom stereocenters. The van der Waals surface area contributed by atoms with Crippen molar-refractivity contribution in [3.05, 3.63) is 35.9 Å². The zero-order valence-electron chi connectivity index (χ0n) is 13.0. The average Bonchev–Trinajstić information content (AvgIpc) is 2.48. The molecule has 1 heterocycles. The first-order valence-corrected chi connectivity index (χ1v) is 7.69. The van der Waals surface area contributed by atoms with E-state index in [1.165, 1.54) is 5.56 Å². The third kappa shape index (κ3) is 3.43. The molecule has 1 saturated heterocycles. The minimum atomic E-state index is -0.372. The molecule has 0 saturated carbocycles. The standard InChI is InChI=1S/C17H24N2O2/c1-4-14-17(21)19(15(12(2)3)16(20)18-14)11-10-13-8-6-5-7-9-13/h5-9,12,14-15H,4,10-11H2,1-3H3,(H,18,20). The largest absolute Gasteiger partial charge is 0.343 e. The Bertz CT molecular complexity index is 499. The molecule has 4 nitrogen and oxygen atoms in total. The third-order valence-electron chi connectivity index (χ3n) is 4.03. The summed E-state index contributed by atoms with van der Waals surface area (Å²) in [5.74, 6) is 0.138. The molecule has 1 N–H and O–H groups in total. The van der Waals surface area contributed by atoms with Gasteiger partial charge in [0.2, 0.25) is 11.8 Å². The van der Waals surface area contributed by atoms with Crippen LogP contribution in [-0.2, 0) is 16.0 Å². The van der Waals surface area contributed by atoms with Gasteiger partial charge in [-0.3, -0.25) is 9.59 Å². The van der Waals surface area contributed by atoms with Crippen LogP contribution in [0.1, 0.15) is 32.8 Å². The van der Waals surface area contributed by atoms with Crippen molar-refractivity contribution >= 4 is 11.8 Å². The molecule has 1 aromatic rings. The summed E-state index contributed by atoms with van der Waals surface area (Å²) in [4.78, 5) is 26.6. The van der Waals surface area contributed by atoms with Crippen molar-refractivity contribution < 1.29 is 9.59 Å². The van der Waals surface area contributed by atoms with Crippen LogP contribution < -0.4 is 5.32 Å². The lowest BCUT2D eigenvalue weighted by Gasteiger charge is -2.40. The van der Waals surface area contributed by atoms with Gasteiger partial charge in [-0.1, -0.05) is 51.1 Å². The van der Waals surface area contributed by atoms with Gasteiger partial charge < -0.3 is 10.2 Å². The van der Waals surface area contributed by atoms with Gasteiger partial charge in [-0.25, -0.2) is 0 Å². The predicted octanol–water partition coefficient (Wildman–Crippen LogP) is 1.99. The van der Waals surface area contributed by atoms with E-state index in [-0.39, 0.29) is 29.8 Å². The number of amides is 2. The Balaban J connectivity index is 2.14. The van der Waals surface area contributed by atoms with Gasteiger partial charge in [0.05, 0.1) is 0 Å². The zero-order valence-corrected chi connectivity index (χ0v) is 13.0. The summed E-state index contributed by atoms with van der Waals surface area (Å²) in [6.07, 6.45) is 1.41. The summed E-state index contributed by atoms with van der Waals surface area (Å²) in [6, 6.07) is 9.34. The Hall–Kier alpha value is -1.84. The molecule has 0 bridgehead atoms. The van der Waals surface area contributed by atoms with Crippen molar-refractivity contribution in [1.29, 1.82) is 0 Å². The van der Waals surface area contributed by atoms with Crippen molar-refractivity contribution in [3.8, 4) is 0 Å². The van der Waals surface area contributed by atoms with Crippen molar-refractivity contribution in [2.45, 2.75) is 45.7 Å². The van der Waals surface area contributed by atoms with E-state index in [9.17, 15) is 9.59 Å². The van der Waals surface area contributed by atoms with Crippen molar-refractivity contribution in [2.24, 2.45) is 5.92 Å². The molecule has 2 amide bonds. The third-order valence-corrected chi connectivity index (χ3v) is 4.03. The molecule has 1 fully saturated rings. The molecule has 0 spiro atoms. The van der Waals surface area contributed by atoms with E-state index in [0.29, 0.717) is 13.0 Å². The fourth-order valence-electron chi connectivity index (χ4n) is 2.88. The first-order chi connectivity index (χ1) is 10.0. The molecule has 21 heavy (non-hydrogen) atoms. The average molecular weight is 288 g/mol. The molecule has 1 aromatic carbocycles. The number of carbonyl (C=O) groups is 2. The monoisotopic (exact) mass is 288 g/mol. The van der Waals surface area contributed by atoms with E-state index in [1.54, 1.807) is 4.90 Å². The summed E-state index contributed by atoms with van der Waals surface area (Å²) in [7, 11) is 0. The SMILES string of the molecule is CCC1NC(=O)C(C(C)C)N(CCc2ccccc2)C1=O. The smallest absolute Gasteiger partial charge is 0.245 e. The van der Waals surface area contributed by atoms with Crippen molar-refractivity contribution in [2.75, 3.05) is 6.54 Å². The lowest BCUT2D eigenvalue weighted by molar-refractivity contribution is -0.151. The Morgan fingerprint density at radius 1 is 1.19 bits per heavy atom. The van der Waals surface area contributed by atoms with Gasteiger partial charge in [-0.05, 0) is 24.3 Å². The molecule has 1 aliphatic heterocycles. The number of rotatable bonds is 5. The van der Waals surface area contributed by atoms with E-state index in [0.717, 1.165) is 6.42 Å². The second-order valence-electron chi connectivity index (χ2n) is 5.93. The Kier molecular flexibility index (Phi) is 4.99. The van der Waals surface area contributed by atoms with Crippen LogP contribution in [0.3, 0.4) is 0 Å². The summed E-state index contributed by atoms with van der Waals surface area (Å²) < 4.78 is 0. The van der Waals surface area contributed by atoms with Crippen molar-refractivity contribution in [1.82, 2.24) is 10.2 Å². The fourth-order valence-corrected chi connectivity index (χ4v) is 2.88. The maximum atomic E-state index is 12.5.